The Morgan fingerprint density at radius 2 is 1.96 bits per heavy atom. The van der Waals surface area contributed by atoms with Gasteiger partial charge in [-0.15, -0.1) is 11.8 Å². The number of hydrogen-bond acceptors (Lipinski definition) is 3. The maximum Gasteiger partial charge on any atom is 0.234 e. The molecule has 3 nitrogen and oxygen atoms in total. The van der Waals surface area contributed by atoms with Crippen molar-refractivity contribution in [3.05, 3.63) is 57.1 Å². The molecule has 6 heteroatoms. The van der Waals surface area contributed by atoms with E-state index in [1.54, 1.807) is 13.2 Å². The molecule has 0 aliphatic heterocycles. The number of anilines is 1. The Kier molecular flexibility index (Phi) is 6.84. The quantitative estimate of drug-likeness (QED) is 0.716. The first-order valence-corrected chi connectivity index (χ1v) is 9.29. The minimum Gasteiger partial charge on any atom is -0.496 e. The largest absolute Gasteiger partial charge is 0.496 e. The molecule has 2 aromatic carbocycles. The van der Waals surface area contributed by atoms with Gasteiger partial charge in [0.15, 0.2) is 0 Å². The van der Waals surface area contributed by atoms with Gasteiger partial charge in [0, 0.05) is 11.3 Å². The van der Waals surface area contributed by atoms with Crippen LogP contribution in [0.25, 0.3) is 0 Å². The third-order valence-electron chi connectivity index (χ3n) is 3.48. The number of nitrogens with one attached hydrogen (secondary N) is 1. The number of amides is 1. The van der Waals surface area contributed by atoms with Gasteiger partial charge in [-0.2, -0.15) is 0 Å². The van der Waals surface area contributed by atoms with E-state index in [-0.39, 0.29) is 5.91 Å². The fourth-order valence-corrected chi connectivity index (χ4v) is 3.49. The first-order valence-electron chi connectivity index (χ1n) is 7.38. The third kappa shape index (κ3) is 4.82. The van der Waals surface area contributed by atoms with Gasteiger partial charge in [-0.05, 0) is 31.5 Å². The first kappa shape index (κ1) is 19.0. The lowest BCUT2D eigenvalue weighted by molar-refractivity contribution is -0.113. The summed E-state index contributed by atoms with van der Waals surface area (Å²) in [6, 6.07) is 9.55. The first-order chi connectivity index (χ1) is 11.4. The molecule has 1 amide bonds. The fourth-order valence-electron chi connectivity index (χ4n) is 2.22. The molecule has 24 heavy (non-hydrogen) atoms. The van der Waals surface area contributed by atoms with Crippen molar-refractivity contribution in [1.29, 1.82) is 0 Å². The number of carbonyl (C=O) groups is 1. The molecule has 0 atom stereocenters. The van der Waals surface area contributed by atoms with E-state index in [4.69, 9.17) is 27.9 Å². The van der Waals surface area contributed by atoms with Crippen LogP contribution in [0.1, 0.15) is 16.7 Å². The van der Waals surface area contributed by atoms with Gasteiger partial charge in [0.2, 0.25) is 5.91 Å². The van der Waals surface area contributed by atoms with Gasteiger partial charge < -0.3 is 10.1 Å². The fraction of sp³-hybridized carbons (Fsp3) is 0.278. The van der Waals surface area contributed by atoms with Gasteiger partial charge in [-0.3, -0.25) is 4.79 Å². The highest BCUT2D eigenvalue weighted by atomic mass is 35.5. The predicted octanol–water partition coefficient (Wildman–Crippen LogP) is 5.49. The van der Waals surface area contributed by atoms with Gasteiger partial charge in [0.05, 0.1) is 28.6 Å². The van der Waals surface area contributed by atoms with Crippen LogP contribution in [0.2, 0.25) is 10.0 Å². The summed E-state index contributed by atoms with van der Waals surface area (Å²) in [6.07, 6.45) is 0. The van der Waals surface area contributed by atoms with Crippen LogP contribution in [0, 0.1) is 13.8 Å². The van der Waals surface area contributed by atoms with Crippen molar-refractivity contribution < 1.29 is 9.53 Å². The van der Waals surface area contributed by atoms with E-state index in [1.165, 1.54) is 11.8 Å². The zero-order chi connectivity index (χ0) is 17.7. The van der Waals surface area contributed by atoms with E-state index in [0.717, 1.165) is 22.4 Å². The van der Waals surface area contributed by atoms with E-state index < -0.39 is 0 Å². The lowest BCUT2D eigenvalue weighted by atomic mass is 10.1. The maximum absolute atomic E-state index is 12.2. The third-order valence-corrected chi connectivity index (χ3v) is 5.26. The predicted molar refractivity (Wildman–Crippen MR) is 104 cm³/mol. The highest BCUT2D eigenvalue weighted by Gasteiger charge is 2.12. The van der Waals surface area contributed by atoms with Gasteiger partial charge in [0.1, 0.15) is 5.75 Å². The van der Waals surface area contributed by atoms with Crippen molar-refractivity contribution in [1.82, 2.24) is 0 Å². The molecule has 0 aromatic heterocycles. The molecular formula is C18H19Cl2NO2S. The van der Waals surface area contributed by atoms with Crippen LogP contribution in [0.5, 0.6) is 5.75 Å². The van der Waals surface area contributed by atoms with E-state index in [0.29, 0.717) is 27.2 Å². The molecule has 0 aliphatic rings. The molecule has 0 aliphatic carbocycles. The van der Waals surface area contributed by atoms with E-state index >= 15 is 0 Å². The number of halogens is 2. The van der Waals surface area contributed by atoms with E-state index in [9.17, 15) is 4.79 Å². The summed E-state index contributed by atoms with van der Waals surface area (Å²) in [7, 11) is 1.65. The minimum absolute atomic E-state index is 0.138. The van der Waals surface area contributed by atoms with Gasteiger partial charge in [0.25, 0.3) is 0 Å². The standard InChI is InChI=1S/C18H19Cl2NO2S/c1-11-4-7-15(23-3)13(8-11)9-24-10-16(22)21-18-14(19)6-5-12(2)17(18)20/h4-8H,9-10H2,1-3H3,(H,21,22). The average molecular weight is 384 g/mol. The van der Waals surface area contributed by atoms with Gasteiger partial charge >= 0.3 is 0 Å². The summed E-state index contributed by atoms with van der Waals surface area (Å²) in [4.78, 5) is 12.2. The molecule has 0 unspecified atom stereocenters. The number of hydrogen-bond donors (Lipinski definition) is 1. The Bertz CT molecular complexity index is 750. The highest BCUT2D eigenvalue weighted by Crippen LogP contribution is 2.33. The molecule has 0 fully saturated rings. The van der Waals surface area contributed by atoms with Crippen molar-refractivity contribution in [2.45, 2.75) is 19.6 Å². The molecule has 0 saturated carbocycles. The molecule has 0 spiro atoms. The second kappa shape index (κ2) is 8.65. The lowest BCUT2D eigenvalue weighted by Crippen LogP contribution is -2.15. The number of carbonyl (C=O) groups excluding carboxylic acids is 1. The van der Waals surface area contributed by atoms with Gasteiger partial charge in [-0.1, -0.05) is 47.0 Å². The summed E-state index contributed by atoms with van der Waals surface area (Å²) in [5.74, 6) is 1.69. The van der Waals surface area contributed by atoms with Crippen LogP contribution in [0.3, 0.4) is 0 Å². The minimum atomic E-state index is -0.138. The zero-order valence-corrected chi connectivity index (χ0v) is 16.1. The molecule has 2 aromatic rings. The number of ether oxygens (including phenoxy) is 1. The summed E-state index contributed by atoms with van der Waals surface area (Å²) >= 11 is 13.8. The second-order valence-electron chi connectivity index (χ2n) is 5.41. The Labute approximate surface area is 156 Å². The van der Waals surface area contributed by atoms with Crippen molar-refractivity contribution >= 4 is 46.6 Å². The van der Waals surface area contributed by atoms with Crippen LogP contribution in [-0.4, -0.2) is 18.8 Å². The molecule has 0 heterocycles. The van der Waals surface area contributed by atoms with Crippen molar-refractivity contribution in [3.63, 3.8) is 0 Å². The van der Waals surface area contributed by atoms with Crippen molar-refractivity contribution in [3.8, 4) is 5.75 Å². The number of methoxy groups -OCH3 is 1. The molecule has 0 radical (unpaired) electrons. The number of benzene rings is 2. The number of aryl methyl sites for hydroxylation is 2. The van der Waals surface area contributed by atoms with Crippen LogP contribution >= 0.6 is 35.0 Å². The van der Waals surface area contributed by atoms with E-state index in [1.807, 2.05) is 32.0 Å². The highest BCUT2D eigenvalue weighted by molar-refractivity contribution is 7.99. The lowest BCUT2D eigenvalue weighted by Gasteiger charge is -2.12. The Morgan fingerprint density at radius 3 is 2.67 bits per heavy atom. The van der Waals surface area contributed by atoms with Crippen molar-refractivity contribution in [2.75, 3.05) is 18.2 Å². The van der Waals surface area contributed by atoms with Crippen molar-refractivity contribution in [2.24, 2.45) is 0 Å². The van der Waals surface area contributed by atoms with Gasteiger partial charge in [-0.25, -0.2) is 0 Å². The normalized spacial score (nSPS) is 10.5. The SMILES string of the molecule is COc1ccc(C)cc1CSCC(=O)Nc1c(Cl)ccc(C)c1Cl. The van der Waals surface area contributed by atoms with Crippen LogP contribution in [0.15, 0.2) is 30.3 Å². The maximum atomic E-state index is 12.2. The van der Waals surface area contributed by atoms with E-state index in [2.05, 4.69) is 11.4 Å². The zero-order valence-electron chi connectivity index (χ0n) is 13.8. The molecule has 0 bridgehead atoms. The van der Waals surface area contributed by atoms with Crippen LogP contribution < -0.4 is 10.1 Å². The van der Waals surface area contributed by atoms with Crippen LogP contribution in [-0.2, 0) is 10.5 Å². The molecule has 2 rings (SSSR count). The van der Waals surface area contributed by atoms with Crippen LogP contribution in [0.4, 0.5) is 5.69 Å². The summed E-state index contributed by atoms with van der Waals surface area (Å²) in [6.45, 7) is 3.90. The average Bonchev–Trinajstić information content (AvgIpc) is 2.55. The molecule has 128 valence electrons. The number of thioether (sulfide) groups is 1. The summed E-state index contributed by atoms with van der Waals surface area (Å²) in [5, 5.41) is 3.70. The molecule has 1 N–H and O–H groups in total. The Balaban J connectivity index is 1.95. The molecular weight excluding hydrogens is 365 g/mol. The topological polar surface area (TPSA) is 38.3 Å². The second-order valence-corrected chi connectivity index (χ2v) is 7.18. The monoisotopic (exact) mass is 383 g/mol. The smallest absolute Gasteiger partial charge is 0.234 e. The summed E-state index contributed by atoms with van der Waals surface area (Å²) < 4.78 is 5.35. The Hall–Kier alpha value is -1.36. The summed E-state index contributed by atoms with van der Waals surface area (Å²) in [5.41, 5.74) is 3.57. The number of rotatable bonds is 6. The Morgan fingerprint density at radius 1 is 1.21 bits per heavy atom. The molecule has 0 saturated heterocycles.